The van der Waals surface area contributed by atoms with Gasteiger partial charge in [-0.15, -0.1) is 0 Å². The average molecular weight is 472 g/mol. The van der Waals surface area contributed by atoms with Crippen LogP contribution >= 0.6 is 0 Å². The first-order valence-corrected chi connectivity index (χ1v) is 13.0. The molecule has 7 nitrogen and oxygen atoms in total. The van der Waals surface area contributed by atoms with E-state index in [2.05, 4.69) is 22.2 Å². The monoisotopic (exact) mass is 471 g/mol. The molecule has 0 saturated heterocycles. The Morgan fingerprint density at radius 1 is 1.18 bits per heavy atom. The van der Waals surface area contributed by atoms with Crippen molar-refractivity contribution in [3.63, 3.8) is 0 Å². The molecule has 0 spiro atoms. The molecule has 2 aliphatic carbocycles. The summed E-state index contributed by atoms with van der Waals surface area (Å²) >= 11 is 0. The number of aromatic nitrogens is 1. The van der Waals surface area contributed by atoms with Gasteiger partial charge in [0.15, 0.2) is 0 Å². The summed E-state index contributed by atoms with van der Waals surface area (Å²) in [5.41, 5.74) is 7.01. The van der Waals surface area contributed by atoms with Crippen LogP contribution in [0.15, 0.2) is 23.5 Å². The lowest BCUT2D eigenvalue weighted by Gasteiger charge is -2.27. The molecule has 0 aliphatic heterocycles. The van der Waals surface area contributed by atoms with E-state index in [-0.39, 0.29) is 17.9 Å². The molecule has 0 aromatic carbocycles. The van der Waals surface area contributed by atoms with Crippen LogP contribution in [0.2, 0.25) is 0 Å². The molecular formula is C27H45N5O2. The van der Waals surface area contributed by atoms with Gasteiger partial charge in [-0.2, -0.15) is 0 Å². The summed E-state index contributed by atoms with van der Waals surface area (Å²) in [5.74, 6) is 1.58. The van der Waals surface area contributed by atoms with E-state index >= 15 is 0 Å². The maximum atomic E-state index is 12.0. The van der Waals surface area contributed by atoms with Crippen molar-refractivity contribution in [2.45, 2.75) is 96.6 Å². The van der Waals surface area contributed by atoms with Crippen molar-refractivity contribution in [1.29, 1.82) is 0 Å². The van der Waals surface area contributed by atoms with Crippen LogP contribution in [0.1, 0.15) is 93.5 Å². The summed E-state index contributed by atoms with van der Waals surface area (Å²) in [4.78, 5) is 33.6. The van der Waals surface area contributed by atoms with E-state index < -0.39 is 0 Å². The van der Waals surface area contributed by atoms with Crippen molar-refractivity contribution in [3.05, 3.63) is 29.6 Å². The minimum atomic E-state index is -0.281. The minimum Gasteiger partial charge on any atom is -0.390 e. The number of rotatable bonds is 7. The highest BCUT2D eigenvalue weighted by Crippen LogP contribution is 2.28. The van der Waals surface area contributed by atoms with E-state index in [0.717, 1.165) is 43.1 Å². The van der Waals surface area contributed by atoms with Gasteiger partial charge in [0.05, 0.1) is 11.9 Å². The van der Waals surface area contributed by atoms with Crippen molar-refractivity contribution < 1.29 is 9.59 Å². The second-order valence-electron chi connectivity index (χ2n) is 10.3. The number of carbonyl (C=O) groups excluding carboxylic acids is 2. The van der Waals surface area contributed by atoms with Gasteiger partial charge in [-0.05, 0) is 56.1 Å². The SMILES string of the molecule is CN(C)C(=O)C(CCC1CCCCC1)N=CN.Cc1cncc(C(=O)N[C@@H]2CCCC(C)C2)c1. The van der Waals surface area contributed by atoms with Crippen LogP contribution in [0.5, 0.6) is 0 Å². The Hall–Kier alpha value is -2.44. The molecule has 3 atom stereocenters. The molecule has 2 fully saturated rings. The molecular weight excluding hydrogens is 426 g/mol. The summed E-state index contributed by atoms with van der Waals surface area (Å²) in [6.45, 7) is 4.21. The van der Waals surface area contributed by atoms with Gasteiger partial charge in [0.25, 0.3) is 5.91 Å². The van der Waals surface area contributed by atoms with Crippen molar-refractivity contribution >= 4 is 18.2 Å². The summed E-state index contributed by atoms with van der Waals surface area (Å²) in [5, 5.41) is 3.11. The Morgan fingerprint density at radius 3 is 2.53 bits per heavy atom. The maximum absolute atomic E-state index is 12.0. The number of pyridine rings is 1. The first-order chi connectivity index (χ1) is 16.3. The Bertz CT molecular complexity index is 789. The Kier molecular flexibility index (Phi) is 12.1. The highest BCUT2D eigenvalue weighted by Gasteiger charge is 2.22. The van der Waals surface area contributed by atoms with E-state index in [9.17, 15) is 9.59 Å². The molecule has 2 aliphatic rings. The van der Waals surface area contributed by atoms with Crippen LogP contribution in [-0.4, -0.2) is 54.2 Å². The maximum Gasteiger partial charge on any atom is 0.253 e. The third-order valence-electron chi connectivity index (χ3n) is 6.97. The van der Waals surface area contributed by atoms with Gasteiger partial charge >= 0.3 is 0 Å². The number of hydrogen-bond donors (Lipinski definition) is 2. The smallest absolute Gasteiger partial charge is 0.253 e. The van der Waals surface area contributed by atoms with Crippen LogP contribution in [0, 0.1) is 18.8 Å². The molecule has 1 heterocycles. The molecule has 1 aromatic rings. The number of aliphatic imine (C=N–C) groups is 1. The molecule has 0 radical (unpaired) electrons. The topological polar surface area (TPSA) is 101 Å². The van der Waals surface area contributed by atoms with Crippen LogP contribution < -0.4 is 11.1 Å². The van der Waals surface area contributed by atoms with E-state index in [4.69, 9.17) is 5.73 Å². The van der Waals surface area contributed by atoms with Gasteiger partial charge in [0.2, 0.25) is 5.91 Å². The van der Waals surface area contributed by atoms with Gasteiger partial charge in [0.1, 0.15) is 6.04 Å². The largest absolute Gasteiger partial charge is 0.390 e. The molecule has 190 valence electrons. The number of nitrogens with zero attached hydrogens (tertiary/aromatic N) is 3. The number of likely N-dealkylation sites (N-methyl/N-ethyl adjacent to an activating group) is 1. The zero-order valence-electron chi connectivity index (χ0n) is 21.6. The quantitative estimate of drug-likeness (QED) is 0.452. The third-order valence-corrected chi connectivity index (χ3v) is 6.97. The molecule has 7 heteroatoms. The first-order valence-electron chi connectivity index (χ1n) is 13.0. The molecule has 1 aromatic heterocycles. The van der Waals surface area contributed by atoms with E-state index in [1.54, 1.807) is 31.4 Å². The van der Waals surface area contributed by atoms with Crippen LogP contribution in [0.3, 0.4) is 0 Å². The van der Waals surface area contributed by atoms with Crippen molar-refractivity contribution in [2.75, 3.05) is 14.1 Å². The fourth-order valence-electron chi connectivity index (χ4n) is 5.05. The normalized spacial score (nSPS) is 21.9. The van der Waals surface area contributed by atoms with Crippen LogP contribution in [0.4, 0.5) is 0 Å². The van der Waals surface area contributed by atoms with Crippen LogP contribution in [0.25, 0.3) is 0 Å². The molecule has 0 bridgehead atoms. The lowest BCUT2D eigenvalue weighted by molar-refractivity contribution is -0.130. The van der Waals surface area contributed by atoms with Gasteiger partial charge in [-0.3, -0.25) is 19.6 Å². The Balaban J connectivity index is 0.000000240. The molecule has 2 amide bonds. The molecule has 34 heavy (non-hydrogen) atoms. The molecule has 2 unspecified atom stereocenters. The van der Waals surface area contributed by atoms with Gasteiger partial charge < -0.3 is 16.0 Å². The number of nitrogens with two attached hydrogens (primary N) is 1. The van der Waals surface area contributed by atoms with E-state index in [1.165, 1.54) is 51.3 Å². The molecule has 2 saturated carbocycles. The molecule has 3 N–H and O–H groups in total. The summed E-state index contributed by atoms with van der Waals surface area (Å²) in [7, 11) is 3.53. The summed E-state index contributed by atoms with van der Waals surface area (Å²) < 4.78 is 0. The van der Waals surface area contributed by atoms with Gasteiger partial charge in [-0.1, -0.05) is 51.9 Å². The average Bonchev–Trinajstić information content (AvgIpc) is 2.82. The number of hydrogen-bond acceptors (Lipinski definition) is 4. The number of carbonyl (C=O) groups is 2. The van der Waals surface area contributed by atoms with Gasteiger partial charge in [-0.25, -0.2) is 0 Å². The van der Waals surface area contributed by atoms with Gasteiger partial charge in [0, 0.05) is 32.5 Å². The number of aryl methyl sites for hydroxylation is 1. The summed E-state index contributed by atoms with van der Waals surface area (Å²) in [6.07, 6.45) is 18.0. The number of nitrogens with one attached hydrogen (secondary N) is 1. The highest BCUT2D eigenvalue weighted by atomic mass is 16.2. The van der Waals surface area contributed by atoms with Crippen molar-refractivity contribution in [2.24, 2.45) is 22.6 Å². The molecule has 3 rings (SSSR count). The fourth-order valence-corrected chi connectivity index (χ4v) is 5.05. The zero-order chi connectivity index (χ0) is 24.9. The standard InChI is InChI=1S/C14H20N2O.C13H25N3O/c1-10-4-3-5-13(7-10)16-14(17)12-6-11(2)8-15-9-12;1-16(2)13(17)12(15-10-14)9-8-11-6-4-3-5-7-11/h6,8-10,13H,3-5,7H2,1-2H3,(H,16,17);10-12H,3-9H2,1-2H3,(H2,14,15)/t10?,13-;/m1./s1. The lowest BCUT2D eigenvalue weighted by atomic mass is 9.85. The van der Waals surface area contributed by atoms with Crippen molar-refractivity contribution in [3.8, 4) is 0 Å². The Morgan fingerprint density at radius 2 is 1.91 bits per heavy atom. The lowest BCUT2D eigenvalue weighted by Crippen LogP contribution is -2.38. The van der Waals surface area contributed by atoms with Crippen LogP contribution in [-0.2, 0) is 4.79 Å². The predicted molar refractivity (Wildman–Crippen MR) is 139 cm³/mol. The first kappa shape index (κ1) is 27.8. The van der Waals surface area contributed by atoms with E-state index in [0.29, 0.717) is 11.6 Å². The Labute approximate surface area is 206 Å². The third kappa shape index (κ3) is 9.82. The predicted octanol–water partition coefficient (Wildman–Crippen LogP) is 4.49. The van der Waals surface area contributed by atoms with E-state index in [1.807, 2.05) is 13.0 Å². The summed E-state index contributed by atoms with van der Waals surface area (Å²) in [6, 6.07) is 1.94. The minimum absolute atomic E-state index is 0.0142. The second-order valence-corrected chi connectivity index (χ2v) is 10.3. The highest BCUT2D eigenvalue weighted by molar-refractivity contribution is 5.94. The zero-order valence-corrected chi connectivity index (χ0v) is 21.6. The van der Waals surface area contributed by atoms with Crippen molar-refractivity contribution in [1.82, 2.24) is 15.2 Å². The fraction of sp³-hybridized carbons (Fsp3) is 0.704. The second kappa shape index (κ2) is 14.7. The number of amides is 2.